The molecule has 0 saturated carbocycles. The first-order valence-electron chi connectivity index (χ1n) is 8.32. The van der Waals surface area contributed by atoms with Gasteiger partial charge in [0.1, 0.15) is 6.61 Å². The van der Waals surface area contributed by atoms with Crippen molar-refractivity contribution < 1.29 is 14.3 Å². The van der Waals surface area contributed by atoms with E-state index in [0.29, 0.717) is 32.1 Å². The molecule has 1 N–H and O–H groups in total. The Balaban J connectivity index is 1.61. The maximum atomic E-state index is 11.5. The van der Waals surface area contributed by atoms with E-state index in [-0.39, 0.29) is 6.09 Å². The van der Waals surface area contributed by atoms with Crippen LogP contribution >= 0.6 is 0 Å². The van der Waals surface area contributed by atoms with Crippen LogP contribution in [-0.2, 0) is 17.8 Å². The largest absolute Gasteiger partial charge is 0.481 e. The number of carbonyl (C=O) groups excluding carboxylic acids is 1. The van der Waals surface area contributed by atoms with Crippen molar-refractivity contribution in [1.82, 2.24) is 9.88 Å². The molecular weight excluding hydrogens is 318 g/mol. The fraction of sp³-hybridized carbons (Fsp3) is 0.368. The number of amides is 1. The fourth-order valence-electron chi connectivity index (χ4n) is 2.86. The zero-order valence-corrected chi connectivity index (χ0v) is 14.8. The van der Waals surface area contributed by atoms with E-state index in [0.717, 1.165) is 28.1 Å². The highest BCUT2D eigenvalue weighted by molar-refractivity contribution is 5.69. The summed E-state index contributed by atoms with van der Waals surface area (Å²) >= 11 is 0. The van der Waals surface area contributed by atoms with Crippen molar-refractivity contribution in [1.29, 1.82) is 0 Å². The van der Waals surface area contributed by atoms with E-state index in [2.05, 4.69) is 23.3 Å². The molecule has 1 saturated heterocycles. The smallest absolute Gasteiger partial charge is 0.410 e. The monoisotopic (exact) mass is 341 g/mol. The fourth-order valence-corrected chi connectivity index (χ4v) is 2.86. The first-order chi connectivity index (χ1) is 12.1. The minimum atomic E-state index is -0.239. The molecule has 25 heavy (non-hydrogen) atoms. The van der Waals surface area contributed by atoms with Crippen molar-refractivity contribution in [2.24, 2.45) is 0 Å². The van der Waals surface area contributed by atoms with Crippen LogP contribution in [0.25, 0.3) is 0 Å². The molecule has 0 unspecified atom stereocenters. The highest BCUT2D eigenvalue weighted by Crippen LogP contribution is 2.20. The van der Waals surface area contributed by atoms with E-state index < -0.39 is 0 Å². The maximum Gasteiger partial charge on any atom is 0.410 e. The lowest BCUT2D eigenvalue weighted by Crippen LogP contribution is -2.23. The predicted octanol–water partition coefficient (Wildman–Crippen LogP) is 3.27. The van der Waals surface area contributed by atoms with Crippen LogP contribution in [0.5, 0.6) is 5.88 Å². The molecule has 0 atom stereocenters. The third-order valence-electron chi connectivity index (χ3n) is 4.29. The van der Waals surface area contributed by atoms with Gasteiger partial charge in [0.15, 0.2) is 0 Å². The Bertz CT molecular complexity index is 759. The molecule has 0 bridgehead atoms. The van der Waals surface area contributed by atoms with Gasteiger partial charge in [-0.2, -0.15) is 0 Å². The van der Waals surface area contributed by atoms with E-state index >= 15 is 0 Å². The second kappa shape index (κ2) is 7.42. The summed E-state index contributed by atoms with van der Waals surface area (Å²) in [4.78, 5) is 17.7. The number of ether oxygens (including phenoxy) is 2. The molecule has 6 nitrogen and oxygen atoms in total. The number of cyclic esters (lactones) is 1. The van der Waals surface area contributed by atoms with Gasteiger partial charge in [-0.1, -0.05) is 12.1 Å². The average Bonchev–Trinajstić information content (AvgIpc) is 3.00. The van der Waals surface area contributed by atoms with Crippen molar-refractivity contribution in [2.45, 2.75) is 26.9 Å². The molecule has 2 aromatic rings. The van der Waals surface area contributed by atoms with Gasteiger partial charge in [0.05, 0.1) is 25.9 Å². The van der Waals surface area contributed by atoms with Crippen LogP contribution in [0.2, 0.25) is 0 Å². The Morgan fingerprint density at radius 2 is 2.00 bits per heavy atom. The number of aromatic nitrogens is 1. The molecule has 1 aliphatic heterocycles. The second-order valence-corrected chi connectivity index (χ2v) is 6.16. The quantitative estimate of drug-likeness (QED) is 0.874. The van der Waals surface area contributed by atoms with Crippen molar-refractivity contribution >= 4 is 11.8 Å². The van der Waals surface area contributed by atoms with Gasteiger partial charge in [0, 0.05) is 17.8 Å². The van der Waals surface area contributed by atoms with E-state index in [4.69, 9.17) is 9.47 Å². The minimum Gasteiger partial charge on any atom is -0.481 e. The third kappa shape index (κ3) is 4.02. The van der Waals surface area contributed by atoms with Crippen LogP contribution in [0.1, 0.15) is 22.4 Å². The summed E-state index contributed by atoms with van der Waals surface area (Å²) in [6.07, 6.45) is -0.239. The normalized spacial score (nSPS) is 13.7. The minimum absolute atomic E-state index is 0.239. The Hall–Kier alpha value is -2.76. The van der Waals surface area contributed by atoms with Crippen molar-refractivity contribution in [2.75, 3.05) is 25.6 Å². The van der Waals surface area contributed by atoms with E-state index in [1.807, 2.05) is 31.2 Å². The van der Waals surface area contributed by atoms with Gasteiger partial charge >= 0.3 is 6.09 Å². The molecule has 0 aliphatic carbocycles. The first-order valence-corrected chi connectivity index (χ1v) is 8.32. The number of aryl methyl sites for hydroxylation is 2. The van der Waals surface area contributed by atoms with Gasteiger partial charge in [-0.05, 0) is 43.2 Å². The molecule has 2 heterocycles. The third-order valence-corrected chi connectivity index (χ3v) is 4.29. The molecule has 1 aromatic carbocycles. The highest BCUT2D eigenvalue weighted by Gasteiger charge is 2.21. The van der Waals surface area contributed by atoms with E-state index in [9.17, 15) is 4.79 Å². The standard InChI is InChI=1S/C19H23N3O3/c1-13-10-14(2)18(24-3)21-17(13)11-20-16-6-4-15(5-7-16)12-22-8-9-25-19(22)23/h4-7,10,20H,8-9,11-12H2,1-3H3. The number of anilines is 1. The molecule has 0 radical (unpaired) electrons. The van der Waals surface area contributed by atoms with Crippen molar-refractivity contribution in [3.63, 3.8) is 0 Å². The molecule has 1 amide bonds. The number of pyridine rings is 1. The number of methoxy groups -OCH3 is 1. The summed E-state index contributed by atoms with van der Waals surface area (Å²) in [7, 11) is 1.64. The van der Waals surface area contributed by atoms with Crippen LogP contribution in [0, 0.1) is 13.8 Å². The van der Waals surface area contributed by atoms with Gasteiger partial charge in [0.25, 0.3) is 0 Å². The molecule has 0 spiro atoms. The van der Waals surface area contributed by atoms with E-state index in [1.165, 1.54) is 0 Å². The predicted molar refractivity (Wildman–Crippen MR) is 95.8 cm³/mol. The maximum absolute atomic E-state index is 11.5. The number of hydrogen-bond acceptors (Lipinski definition) is 5. The van der Waals surface area contributed by atoms with Crippen LogP contribution in [0.4, 0.5) is 10.5 Å². The lowest BCUT2D eigenvalue weighted by molar-refractivity contribution is 0.157. The van der Waals surface area contributed by atoms with Gasteiger partial charge < -0.3 is 19.7 Å². The summed E-state index contributed by atoms with van der Waals surface area (Å²) < 4.78 is 10.2. The Morgan fingerprint density at radius 3 is 2.64 bits per heavy atom. The Morgan fingerprint density at radius 1 is 1.24 bits per heavy atom. The molecule has 1 fully saturated rings. The van der Waals surface area contributed by atoms with Crippen molar-refractivity contribution in [3.8, 4) is 5.88 Å². The van der Waals surface area contributed by atoms with Gasteiger partial charge in [-0.15, -0.1) is 0 Å². The molecule has 1 aliphatic rings. The van der Waals surface area contributed by atoms with Gasteiger partial charge in [-0.3, -0.25) is 0 Å². The van der Waals surface area contributed by atoms with Crippen LogP contribution in [0.15, 0.2) is 30.3 Å². The van der Waals surface area contributed by atoms with Gasteiger partial charge in [0.2, 0.25) is 5.88 Å². The summed E-state index contributed by atoms with van der Waals surface area (Å²) in [5, 5.41) is 3.38. The first kappa shape index (κ1) is 17.1. The summed E-state index contributed by atoms with van der Waals surface area (Å²) in [6.45, 7) is 6.37. The Kier molecular flexibility index (Phi) is 5.07. The molecule has 1 aromatic heterocycles. The highest BCUT2D eigenvalue weighted by atomic mass is 16.6. The SMILES string of the molecule is COc1nc(CNc2ccc(CN3CCOC3=O)cc2)c(C)cc1C. The zero-order valence-electron chi connectivity index (χ0n) is 14.8. The molecular formula is C19H23N3O3. The second-order valence-electron chi connectivity index (χ2n) is 6.16. The Labute approximate surface area is 147 Å². The lowest BCUT2D eigenvalue weighted by Gasteiger charge is -2.14. The summed E-state index contributed by atoms with van der Waals surface area (Å²) in [5.74, 6) is 0.662. The zero-order chi connectivity index (χ0) is 17.8. The summed E-state index contributed by atoms with van der Waals surface area (Å²) in [6, 6.07) is 10.1. The van der Waals surface area contributed by atoms with E-state index in [1.54, 1.807) is 12.0 Å². The van der Waals surface area contributed by atoms with Crippen LogP contribution < -0.4 is 10.1 Å². The summed E-state index contributed by atoms with van der Waals surface area (Å²) in [5.41, 5.74) is 5.22. The number of rotatable bonds is 6. The number of carbonyl (C=O) groups is 1. The molecule has 132 valence electrons. The number of nitrogens with zero attached hydrogens (tertiary/aromatic N) is 2. The topological polar surface area (TPSA) is 63.7 Å². The number of hydrogen-bond donors (Lipinski definition) is 1. The average molecular weight is 341 g/mol. The number of nitrogens with one attached hydrogen (secondary N) is 1. The molecule has 6 heteroatoms. The van der Waals surface area contributed by atoms with Crippen molar-refractivity contribution in [3.05, 3.63) is 52.7 Å². The van der Waals surface area contributed by atoms with Crippen LogP contribution in [-0.4, -0.2) is 36.2 Å². The lowest BCUT2D eigenvalue weighted by atomic mass is 10.1. The van der Waals surface area contributed by atoms with Crippen LogP contribution in [0.3, 0.4) is 0 Å². The van der Waals surface area contributed by atoms with Gasteiger partial charge in [-0.25, -0.2) is 9.78 Å². The number of benzene rings is 1. The molecule has 3 rings (SSSR count).